The highest BCUT2D eigenvalue weighted by Crippen LogP contribution is 2.36. The highest BCUT2D eigenvalue weighted by molar-refractivity contribution is 6.30. The summed E-state index contributed by atoms with van der Waals surface area (Å²) < 4.78 is 11.8. The smallest absolute Gasteiger partial charge is 0.254 e. The largest absolute Gasteiger partial charge is 0.493 e. The number of piperidine rings is 1. The number of carbonyl (C=O) groups excluding carboxylic acids is 1. The van der Waals surface area contributed by atoms with E-state index < -0.39 is 0 Å². The molecule has 7 nitrogen and oxygen atoms in total. The molecule has 0 bridgehead atoms. The number of aromatic nitrogens is 2. The van der Waals surface area contributed by atoms with Gasteiger partial charge >= 0.3 is 0 Å². The maximum atomic E-state index is 13.2. The average molecular weight is 479 g/mol. The van der Waals surface area contributed by atoms with Crippen molar-refractivity contribution in [3.63, 3.8) is 0 Å². The highest BCUT2D eigenvalue weighted by atomic mass is 35.5. The maximum absolute atomic E-state index is 13.2. The minimum absolute atomic E-state index is 0.0503. The van der Waals surface area contributed by atoms with Crippen molar-refractivity contribution in [2.75, 3.05) is 31.6 Å². The van der Waals surface area contributed by atoms with Gasteiger partial charge in [0.05, 0.1) is 24.9 Å². The van der Waals surface area contributed by atoms with Crippen molar-refractivity contribution in [2.45, 2.75) is 32.2 Å². The fraction of sp³-hybridized carbons (Fsp3) is 0.346. The summed E-state index contributed by atoms with van der Waals surface area (Å²) in [5, 5.41) is 0.603. The van der Waals surface area contributed by atoms with Crippen LogP contribution >= 0.6 is 11.6 Å². The Balaban J connectivity index is 1.49. The zero-order chi connectivity index (χ0) is 23.5. The summed E-state index contributed by atoms with van der Waals surface area (Å²) in [5.74, 6) is 2.33. The molecular weight excluding hydrogens is 452 g/mol. The van der Waals surface area contributed by atoms with Crippen molar-refractivity contribution in [3.8, 4) is 17.4 Å². The number of halogens is 1. The van der Waals surface area contributed by atoms with Gasteiger partial charge in [0.2, 0.25) is 11.8 Å². The number of amides is 1. The number of carbonyl (C=O) groups is 1. The number of hydrogen-bond donors (Lipinski definition) is 0. The Bertz CT molecular complexity index is 1180. The van der Waals surface area contributed by atoms with Crippen molar-refractivity contribution in [2.24, 2.45) is 0 Å². The third kappa shape index (κ3) is 4.66. The molecule has 2 aliphatic heterocycles. The average Bonchev–Trinajstić information content (AvgIpc) is 2.89. The molecular formula is C26H27ClN4O3. The molecule has 0 N–H and O–H groups in total. The molecule has 34 heavy (non-hydrogen) atoms. The van der Waals surface area contributed by atoms with Gasteiger partial charge in [0.25, 0.3) is 5.91 Å². The topological polar surface area (TPSA) is 67.8 Å². The number of fused-ring (bicyclic) bond motifs is 1. The van der Waals surface area contributed by atoms with Crippen molar-refractivity contribution in [1.82, 2.24) is 14.9 Å². The van der Waals surface area contributed by atoms with E-state index >= 15 is 0 Å². The first kappa shape index (κ1) is 22.5. The minimum Gasteiger partial charge on any atom is -0.493 e. The molecule has 1 aromatic heterocycles. The van der Waals surface area contributed by atoms with E-state index in [4.69, 9.17) is 31.0 Å². The molecule has 0 aliphatic carbocycles. The van der Waals surface area contributed by atoms with E-state index in [1.54, 1.807) is 31.4 Å². The summed E-state index contributed by atoms with van der Waals surface area (Å²) >= 11 is 6.00. The Labute approximate surface area is 204 Å². The molecule has 3 aromatic rings. The number of benzene rings is 2. The number of rotatable bonds is 5. The molecule has 1 fully saturated rings. The van der Waals surface area contributed by atoms with Crippen LogP contribution in [0.2, 0.25) is 5.02 Å². The quantitative estimate of drug-likeness (QED) is 0.507. The molecule has 0 spiro atoms. The highest BCUT2D eigenvalue weighted by Gasteiger charge is 2.29. The Morgan fingerprint density at radius 2 is 1.68 bits per heavy atom. The van der Waals surface area contributed by atoms with Crippen LogP contribution in [0, 0.1) is 0 Å². The molecule has 0 radical (unpaired) electrons. The van der Waals surface area contributed by atoms with E-state index in [-0.39, 0.29) is 5.91 Å². The monoisotopic (exact) mass is 478 g/mol. The molecule has 1 amide bonds. The van der Waals surface area contributed by atoms with Gasteiger partial charge in [-0.25, -0.2) is 4.98 Å². The van der Waals surface area contributed by atoms with Gasteiger partial charge in [0, 0.05) is 36.6 Å². The van der Waals surface area contributed by atoms with Crippen molar-refractivity contribution < 1.29 is 14.3 Å². The molecule has 2 aliphatic rings. The Kier molecular flexibility index (Phi) is 6.54. The van der Waals surface area contributed by atoms with Gasteiger partial charge in [-0.05, 0) is 55.7 Å². The van der Waals surface area contributed by atoms with Crippen LogP contribution < -0.4 is 14.4 Å². The lowest BCUT2D eigenvalue weighted by molar-refractivity contribution is 0.0732. The summed E-state index contributed by atoms with van der Waals surface area (Å²) in [5.41, 5.74) is 2.37. The molecule has 2 aromatic carbocycles. The lowest BCUT2D eigenvalue weighted by atomic mass is 10.0. The summed E-state index contributed by atoms with van der Waals surface area (Å²) in [6, 6.07) is 14.5. The van der Waals surface area contributed by atoms with Gasteiger partial charge in [-0.1, -0.05) is 23.7 Å². The number of methoxy groups -OCH3 is 1. The van der Waals surface area contributed by atoms with Crippen LogP contribution in [0.15, 0.2) is 48.5 Å². The molecule has 5 rings (SSSR count). The Morgan fingerprint density at radius 1 is 0.941 bits per heavy atom. The molecule has 3 heterocycles. The first-order chi connectivity index (χ1) is 16.6. The summed E-state index contributed by atoms with van der Waals surface area (Å²) in [4.78, 5) is 27.0. The van der Waals surface area contributed by atoms with Gasteiger partial charge in [-0.3, -0.25) is 4.79 Å². The van der Waals surface area contributed by atoms with E-state index in [9.17, 15) is 4.79 Å². The van der Waals surface area contributed by atoms with E-state index in [0.29, 0.717) is 53.4 Å². The van der Waals surface area contributed by atoms with Crippen LogP contribution in [-0.4, -0.2) is 47.5 Å². The molecule has 8 heteroatoms. The zero-order valence-electron chi connectivity index (χ0n) is 19.2. The van der Waals surface area contributed by atoms with Gasteiger partial charge in [0.15, 0.2) is 11.5 Å². The lowest BCUT2D eigenvalue weighted by Gasteiger charge is -2.32. The zero-order valence-corrected chi connectivity index (χ0v) is 19.9. The van der Waals surface area contributed by atoms with Crippen LogP contribution in [0.3, 0.4) is 0 Å². The second-order valence-corrected chi connectivity index (χ2v) is 8.97. The van der Waals surface area contributed by atoms with Gasteiger partial charge in [0.1, 0.15) is 0 Å². The van der Waals surface area contributed by atoms with Crippen LogP contribution in [-0.2, 0) is 13.0 Å². The predicted molar refractivity (Wildman–Crippen MR) is 131 cm³/mol. The Morgan fingerprint density at radius 3 is 2.41 bits per heavy atom. The normalized spacial score (nSPS) is 15.6. The standard InChI is InChI=1S/C26H27ClN4O3/c1-33-22-7-3-4-8-23(22)34-24-20-17-31(25(32)18-9-11-19(27)12-10-18)16-13-21(20)28-26(29-24)30-14-5-2-6-15-30/h3-4,7-12H,2,5-6,13-17H2,1H3. The third-order valence-corrected chi connectivity index (χ3v) is 6.56. The molecule has 0 atom stereocenters. The van der Waals surface area contributed by atoms with Crippen molar-refractivity contribution in [1.29, 1.82) is 0 Å². The van der Waals surface area contributed by atoms with Gasteiger partial charge < -0.3 is 19.3 Å². The van der Waals surface area contributed by atoms with Gasteiger partial charge in [-0.15, -0.1) is 0 Å². The maximum Gasteiger partial charge on any atom is 0.254 e. The number of hydrogen-bond acceptors (Lipinski definition) is 6. The van der Waals surface area contributed by atoms with Crippen molar-refractivity contribution >= 4 is 23.5 Å². The molecule has 0 unspecified atom stereocenters. The first-order valence-corrected chi connectivity index (χ1v) is 12.0. The Hall–Kier alpha value is -3.32. The summed E-state index contributed by atoms with van der Waals surface area (Å²) in [6.45, 7) is 2.84. The number of ether oxygens (including phenoxy) is 2. The van der Waals surface area contributed by atoms with Crippen molar-refractivity contribution in [3.05, 3.63) is 70.4 Å². The summed E-state index contributed by atoms with van der Waals surface area (Å²) in [6.07, 6.45) is 4.13. The molecule has 176 valence electrons. The number of anilines is 1. The second-order valence-electron chi connectivity index (χ2n) is 8.54. The predicted octanol–water partition coefficient (Wildman–Crippen LogP) is 5.12. The molecule has 1 saturated heterocycles. The number of nitrogens with zero attached hydrogens (tertiary/aromatic N) is 4. The minimum atomic E-state index is -0.0503. The lowest BCUT2D eigenvalue weighted by Crippen LogP contribution is -2.37. The first-order valence-electron chi connectivity index (χ1n) is 11.6. The van der Waals surface area contributed by atoms with Crippen LogP contribution in [0.4, 0.5) is 5.95 Å². The van der Waals surface area contributed by atoms with Crippen LogP contribution in [0.5, 0.6) is 17.4 Å². The van der Waals surface area contributed by atoms with E-state index in [0.717, 1.165) is 37.2 Å². The molecule has 0 saturated carbocycles. The van der Waals surface area contributed by atoms with Crippen LogP contribution in [0.25, 0.3) is 0 Å². The SMILES string of the molecule is COc1ccccc1Oc1nc(N2CCCCC2)nc2c1CN(C(=O)c1ccc(Cl)cc1)CC2. The third-order valence-electron chi connectivity index (χ3n) is 6.30. The van der Waals surface area contributed by atoms with E-state index in [1.807, 2.05) is 29.2 Å². The van der Waals surface area contributed by atoms with Gasteiger partial charge in [-0.2, -0.15) is 4.98 Å². The van der Waals surface area contributed by atoms with E-state index in [2.05, 4.69) is 4.90 Å². The van der Waals surface area contributed by atoms with Crippen LogP contribution in [0.1, 0.15) is 40.9 Å². The summed E-state index contributed by atoms with van der Waals surface area (Å²) in [7, 11) is 1.61. The van der Waals surface area contributed by atoms with E-state index in [1.165, 1.54) is 6.42 Å². The fourth-order valence-corrected chi connectivity index (χ4v) is 4.57. The second kappa shape index (κ2) is 9.89. The number of para-hydroxylation sites is 2. The fourth-order valence-electron chi connectivity index (χ4n) is 4.45.